The summed E-state index contributed by atoms with van der Waals surface area (Å²) in [6, 6.07) is 13.7. The average molecular weight is 381 g/mol. The summed E-state index contributed by atoms with van der Waals surface area (Å²) in [6.07, 6.45) is 3.53. The SMILES string of the molecule is CN1CCO[C@H](Cn2cc(C(=O)NC3CC(c4ccccc4)C3)ccc2=O)C1. The molecule has 0 spiro atoms. The Morgan fingerprint density at radius 3 is 2.71 bits per heavy atom. The van der Waals surface area contributed by atoms with Crippen LogP contribution in [-0.4, -0.2) is 54.3 Å². The number of pyridine rings is 1. The fourth-order valence-corrected chi connectivity index (χ4v) is 4.01. The average Bonchev–Trinajstić information content (AvgIpc) is 2.66. The van der Waals surface area contributed by atoms with E-state index in [9.17, 15) is 9.59 Å². The molecule has 0 unspecified atom stereocenters. The van der Waals surface area contributed by atoms with E-state index >= 15 is 0 Å². The molecule has 2 heterocycles. The van der Waals surface area contributed by atoms with Crippen molar-refractivity contribution in [2.45, 2.75) is 37.5 Å². The minimum atomic E-state index is -0.119. The maximum atomic E-state index is 12.6. The number of nitrogens with zero attached hydrogens (tertiary/aromatic N) is 2. The van der Waals surface area contributed by atoms with Crippen molar-refractivity contribution in [3.05, 3.63) is 70.1 Å². The van der Waals surface area contributed by atoms with Crippen LogP contribution in [0.15, 0.2) is 53.5 Å². The van der Waals surface area contributed by atoms with Crippen molar-refractivity contribution in [1.29, 1.82) is 0 Å². The molecule has 148 valence electrons. The standard InChI is InChI=1S/C22H27N3O3/c1-24-9-10-28-20(14-24)15-25-13-17(7-8-21(25)26)22(27)23-19-11-18(12-19)16-5-3-2-4-6-16/h2-8,13,18-20H,9-12,14-15H2,1H3,(H,23,27)/t18?,19?,20-/m0/s1. The minimum Gasteiger partial charge on any atom is -0.374 e. The van der Waals surface area contributed by atoms with Crippen LogP contribution in [0.2, 0.25) is 0 Å². The number of nitrogens with one attached hydrogen (secondary N) is 1. The summed E-state index contributed by atoms with van der Waals surface area (Å²) in [5, 5.41) is 3.10. The Bertz CT molecular complexity index is 874. The number of carbonyl (C=O) groups is 1. The Balaban J connectivity index is 1.35. The second-order valence-corrected chi connectivity index (χ2v) is 7.91. The lowest BCUT2D eigenvalue weighted by Crippen LogP contribution is -2.44. The third-order valence-corrected chi connectivity index (χ3v) is 5.73. The van der Waals surface area contributed by atoms with Crippen LogP contribution in [0.3, 0.4) is 0 Å². The molecule has 2 fully saturated rings. The van der Waals surface area contributed by atoms with E-state index < -0.39 is 0 Å². The fraction of sp³-hybridized carbons (Fsp3) is 0.455. The number of hydrogen-bond donors (Lipinski definition) is 1. The number of aromatic nitrogens is 1. The van der Waals surface area contributed by atoms with Crippen LogP contribution in [0.5, 0.6) is 0 Å². The highest BCUT2D eigenvalue weighted by Crippen LogP contribution is 2.36. The van der Waals surface area contributed by atoms with E-state index in [0.29, 0.717) is 24.6 Å². The molecule has 1 aliphatic carbocycles. The first-order valence-corrected chi connectivity index (χ1v) is 9.95. The first-order valence-electron chi connectivity index (χ1n) is 9.95. The molecule has 1 N–H and O–H groups in total. The van der Waals surface area contributed by atoms with Crippen LogP contribution in [-0.2, 0) is 11.3 Å². The second kappa shape index (κ2) is 8.29. The number of likely N-dealkylation sites (N-methyl/N-ethyl adjacent to an activating group) is 1. The van der Waals surface area contributed by atoms with Crippen LogP contribution in [0.4, 0.5) is 0 Å². The van der Waals surface area contributed by atoms with E-state index in [2.05, 4.69) is 34.5 Å². The molecule has 1 saturated heterocycles. The second-order valence-electron chi connectivity index (χ2n) is 7.91. The Labute approximate surface area is 165 Å². The van der Waals surface area contributed by atoms with Crippen LogP contribution in [0.1, 0.15) is 34.7 Å². The van der Waals surface area contributed by atoms with Crippen LogP contribution < -0.4 is 10.9 Å². The lowest BCUT2D eigenvalue weighted by Gasteiger charge is -2.36. The third kappa shape index (κ3) is 4.34. The van der Waals surface area contributed by atoms with Crippen molar-refractivity contribution in [2.24, 2.45) is 0 Å². The summed E-state index contributed by atoms with van der Waals surface area (Å²) in [6.45, 7) is 2.81. The molecule has 1 aliphatic heterocycles. The van der Waals surface area contributed by atoms with Crippen molar-refractivity contribution in [2.75, 3.05) is 26.7 Å². The van der Waals surface area contributed by atoms with Gasteiger partial charge in [-0.2, -0.15) is 0 Å². The molecule has 2 aliphatic rings. The van der Waals surface area contributed by atoms with Crippen LogP contribution in [0.25, 0.3) is 0 Å². The van der Waals surface area contributed by atoms with Crippen molar-refractivity contribution in [3.63, 3.8) is 0 Å². The van der Waals surface area contributed by atoms with Gasteiger partial charge >= 0.3 is 0 Å². The molecule has 1 atom stereocenters. The molecule has 2 aromatic rings. The van der Waals surface area contributed by atoms with Gasteiger partial charge in [-0.15, -0.1) is 0 Å². The summed E-state index contributed by atoms with van der Waals surface area (Å²) >= 11 is 0. The highest BCUT2D eigenvalue weighted by atomic mass is 16.5. The normalized spacial score (nSPS) is 25.1. The molecule has 28 heavy (non-hydrogen) atoms. The number of ether oxygens (including phenoxy) is 1. The summed E-state index contributed by atoms with van der Waals surface area (Å²) in [5.74, 6) is 0.396. The molecule has 1 saturated carbocycles. The molecular formula is C22H27N3O3. The summed E-state index contributed by atoms with van der Waals surface area (Å²) in [7, 11) is 2.05. The monoisotopic (exact) mass is 381 g/mol. The highest BCUT2D eigenvalue weighted by molar-refractivity contribution is 5.94. The zero-order chi connectivity index (χ0) is 19.5. The molecular weight excluding hydrogens is 354 g/mol. The van der Waals surface area contributed by atoms with E-state index in [0.717, 1.165) is 25.9 Å². The van der Waals surface area contributed by atoms with Gasteiger partial charge in [-0.3, -0.25) is 9.59 Å². The van der Waals surface area contributed by atoms with Gasteiger partial charge in [0.15, 0.2) is 0 Å². The number of morpholine rings is 1. The number of hydrogen-bond acceptors (Lipinski definition) is 4. The predicted octanol–water partition coefficient (Wildman–Crippen LogP) is 1.85. The van der Waals surface area contributed by atoms with Crippen molar-refractivity contribution >= 4 is 5.91 Å². The Hall–Kier alpha value is -2.44. The topological polar surface area (TPSA) is 63.6 Å². The minimum absolute atomic E-state index is 0.0342. The van der Waals surface area contributed by atoms with Crippen LogP contribution in [0, 0.1) is 0 Å². The van der Waals surface area contributed by atoms with Crippen molar-refractivity contribution in [1.82, 2.24) is 14.8 Å². The third-order valence-electron chi connectivity index (χ3n) is 5.73. The summed E-state index contributed by atoms with van der Waals surface area (Å²) in [5.41, 5.74) is 1.74. The Morgan fingerprint density at radius 1 is 1.18 bits per heavy atom. The molecule has 4 rings (SSSR count). The van der Waals surface area contributed by atoms with E-state index in [-0.39, 0.29) is 23.6 Å². The first kappa shape index (κ1) is 18.9. The maximum absolute atomic E-state index is 12.6. The summed E-state index contributed by atoms with van der Waals surface area (Å²) in [4.78, 5) is 27.0. The number of rotatable bonds is 5. The van der Waals surface area contributed by atoms with Gasteiger partial charge in [-0.05, 0) is 37.4 Å². The van der Waals surface area contributed by atoms with Gasteiger partial charge in [0, 0.05) is 31.4 Å². The quantitative estimate of drug-likeness (QED) is 0.859. The molecule has 0 bridgehead atoms. The lowest BCUT2D eigenvalue weighted by molar-refractivity contribution is -0.0279. The van der Waals surface area contributed by atoms with Crippen LogP contribution >= 0.6 is 0 Å². The van der Waals surface area contributed by atoms with E-state index in [1.165, 1.54) is 11.6 Å². The molecule has 1 aromatic heterocycles. The van der Waals surface area contributed by atoms with E-state index in [1.807, 2.05) is 13.1 Å². The van der Waals surface area contributed by atoms with Gasteiger partial charge in [0.05, 0.1) is 24.8 Å². The van der Waals surface area contributed by atoms with Gasteiger partial charge in [-0.1, -0.05) is 30.3 Å². The van der Waals surface area contributed by atoms with E-state index in [4.69, 9.17) is 4.74 Å². The lowest BCUT2D eigenvalue weighted by atomic mass is 9.76. The van der Waals surface area contributed by atoms with Gasteiger partial charge in [0.2, 0.25) is 0 Å². The maximum Gasteiger partial charge on any atom is 0.252 e. The first-order chi connectivity index (χ1) is 13.6. The number of carbonyl (C=O) groups excluding carboxylic acids is 1. The fourth-order valence-electron chi connectivity index (χ4n) is 4.01. The molecule has 1 aromatic carbocycles. The zero-order valence-corrected chi connectivity index (χ0v) is 16.2. The zero-order valence-electron chi connectivity index (χ0n) is 16.2. The van der Waals surface area contributed by atoms with Gasteiger partial charge in [0.25, 0.3) is 11.5 Å². The van der Waals surface area contributed by atoms with E-state index in [1.54, 1.807) is 16.8 Å². The smallest absolute Gasteiger partial charge is 0.252 e. The molecule has 6 nitrogen and oxygen atoms in total. The largest absolute Gasteiger partial charge is 0.374 e. The number of amides is 1. The number of benzene rings is 1. The Kier molecular flexibility index (Phi) is 5.59. The molecule has 6 heteroatoms. The van der Waals surface area contributed by atoms with Crippen molar-refractivity contribution < 1.29 is 9.53 Å². The molecule has 1 amide bonds. The van der Waals surface area contributed by atoms with Gasteiger partial charge < -0.3 is 19.5 Å². The van der Waals surface area contributed by atoms with Crippen molar-refractivity contribution in [3.8, 4) is 0 Å². The Morgan fingerprint density at radius 2 is 1.96 bits per heavy atom. The summed E-state index contributed by atoms with van der Waals surface area (Å²) < 4.78 is 7.34. The highest BCUT2D eigenvalue weighted by Gasteiger charge is 2.31. The van der Waals surface area contributed by atoms with Gasteiger partial charge in [0.1, 0.15) is 0 Å². The molecule has 0 radical (unpaired) electrons. The predicted molar refractivity (Wildman–Crippen MR) is 108 cm³/mol. The van der Waals surface area contributed by atoms with Gasteiger partial charge in [-0.25, -0.2) is 0 Å².